The van der Waals surface area contributed by atoms with Gasteiger partial charge in [-0.05, 0) is 97.3 Å². The fourth-order valence-electron chi connectivity index (χ4n) is 4.78. The molecular formula is C33H36F2N4O2. The SMILES string of the molecule is [2H]C1([2H])CC(Cc2cc(N3C([2H])([2H])C([2H])([2H])N(C)C([2H])([2H])C3([2H])[2H])ccc2C(=O)NC2=NCc3ccc(C([2H])([2H])c4cc(F)cc(F)c4)cc32)CC([2H])([2H])O1. The van der Waals surface area contributed by atoms with Gasteiger partial charge in [0.25, 0.3) is 5.91 Å². The number of nitrogens with one attached hydrogen (secondary N) is 1. The number of carbonyl (C=O) groups excluding carboxylic acids is 1. The van der Waals surface area contributed by atoms with Crippen molar-refractivity contribution in [2.75, 3.05) is 51.1 Å². The lowest BCUT2D eigenvalue weighted by Crippen LogP contribution is -2.44. The number of piperazine rings is 1. The van der Waals surface area contributed by atoms with E-state index in [9.17, 15) is 13.6 Å². The van der Waals surface area contributed by atoms with Crippen molar-refractivity contribution >= 4 is 17.4 Å². The number of aliphatic imine (C=N–C) groups is 1. The number of nitrogens with zero attached hydrogens (tertiary/aromatic N) is 3. The number of carbonyl (C=O) groups is 1. The van der Waals surface area contributed by atoms with Gasteiger partial charge in [-0.2, -0.15) is 0 Å². The van der Waals surface area contributed by atoms with Crippen molar-refractivity contribution in [3.63, 3.8) is 0 Å². The fraction of sp³-hybridized carbons (Fsp3) is 0.394. The van der Waals surface area contributed by atoms with E-state index in [0.29, 0.717) is 27.0 Å². The van der Waals surface area contributed by atoms with Gasteiger partial charge in [0.15, 0.2) is 0 Å². The minimum atomic E-state index is -3.20. The molecule has 3 aliphatic rings. The number of fused-ring (bicyclic) bond motifs is 1. The van der Waals surface area contributed by atoms with E-state index in [1.165, 1.54) is 18.2 Å². The minimum Gasteiger partial charge on any atom is -0.381 e. The second kappa shape index (κ2) is 12.1. The Morgan fingerprint density at radius 1 is 1.02 bits per heavy atom. The maximum absolute atomic E-state index is 14.1. The Hall–Kier alpha value is -3.62. The lowest BCUT2D eigenvalue weighted by atomic mass is 9.89. The van der Waals surface area contributed by atoms with Gasteiger partial charge in [0, 0.05) is 70.2 Å². The van der Waals surface area contributed by atoms with Gasteiger partial charge in [0.1, 0.15) is 17.5 Å². The Morgan fingerprint density at radius 3 is 2.54 bits per heavy atom. The van der Waals surface area contributed by atoms with Crippen LogP contribution in [0.3, 0.4) is 0 Å². The van der Waals surface area contributed by atoms with Crippen molar-refractivity contribution in [1.82, 2.24) is 10.2 Å². The highest BCUT2D eigenvalue weighted by atomic mass is 19.1. The van der Waals surface area contributed by atoms with Crippen molar-refractivity contribution in [3.8, 4) is 0 Å². The van der Waals surface area contributed by atoms with Crippen molar-refractivity contribution in [2.24, 2.45) is 10.9 Å². The van der Waals surface area contributed by atoms with Gasteiger partial charge < -0.3 is 19.9 Å². The summed E-state index contributed by atoms with van der Waals surface area (Å²) >= 11 is 0. The molecular weight excluding hydrogens is 522 g/mol. The Labute approximate surface area is 259 Å². The molecule has 3 heterocycles. The van der Waals surface area contributed by atoms with Crippen LogP contribution in [0.1, 0.15) is 70.2 Å². The standard InChI is InChI=1S/C33H36F2N4O2/c1-38-8-10-39(11-9-38)29-4-5-30(26(19-29)15-22-6-12-41-13-7-22)33(40)37-32-31-18-23(2-3-25(31)21-36-32)14-24-16-27(34)20-28(35)17-24/h2-5,16-20,22H,6-15,21H2,1H3,(H,36,37,40)/i8D2,9D2,10D2,11D2,12D2,13D2,14D2. The number of rotatable bonds is 6. The summed E-state index contributed by atoms with van der Waals surface area (Å²) in [6, 6.07) is 10.2. The maximum atomic E-state index is 14.1. The number of hydrogen-bond acceptors (Lipinski definition) is 5. The number of anilines is 1. The molecule has 1 amide bonds. The van der Waals surface area contributed by atoms with Crippen LogP contribution in [0.2, 0.25) is 0 Å². The summed E-state index contributed by atoms with van der Waals surface area (Å²) in [5.41, 5.74) is 0.179. The third-order valence-electron chi connectivity index (χ3n) is 6.80. The molecule has 6 rings (SSSR count). The van der Waals surface area contributed by atoms with Gasteiger partial charge in [0.2, 0.25) is 0 Å². The molecule has 0 aliphatic carbocycles. The summed E-state index contributed by atoms with van der Waals surface area (Å²) in [5, 5.41) is 2.67. The van der Waals surface area contributed by atoms with Crippen molar-refractivity contribution in [1.29, 1.82) is 0 Å². The first-order chi connectivity index (χ1) is 25.1. The number of hydrogen-bond donors (Lipinski definition) is 1. The van der Waals surface area contributed by atoms with E-state index < -0.39 is 68.9 Å². The Balaban J connectivity index is 1.39. The van der Waals surface area contributed by atoms with Gasteiger partial charge >= 0.3 is 0 Å². The Bertz CT molecular complexity index is 2020. The molecule has 1 N–H and O–H groups in total. The van der Waals surface area contributed by atoms with Crippen LogP contribution >= 0.6 is 0 Å². The van der Waals surface area contributed by atoms with Crippen molar-refractivity contribution < 1.29 is 37.5 Å². The number of ether oxygens (including phenoxy) is 1. The first kappa shape index (κ1) is 15.6. The van der Waals surface area contributed by atoms with Crippen molar-refractivity contribution in [2.45, 2.75) is 32.2 Å². The van der Waals surface area contributed by atoms with Crippen LogP contribution in [0.15, 0.2) is 59.6 Å². The molecule has 0 aromatic heterocycles. The van der Waals surface area contributed by atoms with Crippen LogP contribution in [0.4, 0.5) is 14.5 Å². The van der Waals surface area contributed by atoms with E-state index in [0.717, 1.165) is 31.3 Å². The second-order valence-electron chi connectivity index (χ2n) is 9.83. The van der Waals surface area contributed by atoms with Gasteiger partial charge in [-0.15, -0.1) is 0 Å². The van der Waals surface area contributed by atoms with E-state index in [1.54, 1.807) is 6.07 Å². The lowest BCUT2D eigenvalue weighted by Gasteiger charge is -2.34. The molecule has 0 saturated carbocycles. The molecule has 0 atom stereocenters. The summed E-state index contributed by atoms with van der Waals surface area (Å²) < 4.78 is 151. The number of amides is 1. The zero-order chi connectivity index (χ0) is 40.9. The molecule has 2 saturated heterocycles. The Morgan fingerprint density at radius 2 is 1.78 bits per heavy atom. The lowest BCUT2D eigenvalue weighted by molar-refractivity contribution is 0.0664. The third-order valence-corrected chi connectivity index (χ3v) is 6.80. The zero-order valence-electron chi connectivity index (χ0n) is 36.0. The topological polar surface area (TPSA) is 57.2 Å². The van der Waals surface area contributed by atoms with Gasteiger partial charge in [-0.3, -0.25) is 9.79 Å². The summed E-state index contributed by atoms with van der Waals surface area (Å²) in [6.45, 7) is -17.3. The average molecular weight is 573 g/mol. The summed E-state index contributed by atoms with van der Waals surface area (Å²) in [4.78, 5) is 19.1. The monoisotopic (exact) mass is 572 g/mol. The van der Waals surface area contributed by atoms with Gasteiger partial charge in [-0.1, -0.05) is 12.1 Å². The molecule has 2 fully saturated rings. The summed E-state index contributed by atoms with van der Waals surface area (Å²) in [6.07, 6.45) is -3.24. The maximum Gasteiger partial charge on any atom is 0.257 e. The van der Waals surface area contributed by atoms with E-state index in [-0.39, 0.29) is 59.6 Å². The number of amidine groups is 1. The summed E-state index contributed by atoms with van der Waals surface area (Å²) in [5.74, 6) is -3.57. The van der Waals surface area contributed by atoms with Crippen LogP contribution in [-0.4, -0.2) is 62.8 Å². The molecule has 0 radical (unpaired) electrons. The van der Waals surface area contributed by atoms with Gasteiger partial charge in [0.05, 0.1) is 17.5 Å². The molecule has 3 aromatic rings. The highest BCUT2D eigenvalue weighted by Gasteiger charge is 2.24. The first-order valence-electron chi connectivity index (χ1n) is 19.9. The van der Waals surface area contributed by atoms with E-state index >= 15 is 0 Å². The Kier molecular flexibility index (Phi) is 4.59. The van der Waals surface area contributed by atoms with Crippen molar-refractivity contribution in [3.05, 3.63) is 99.6 Å². The highest BCUT2D eigenvalue weighted by Crippen LogP contribution is 2.28. The van der Waals surface area contributed by atoms with Crippen LogP contribution < -0.4 is 10.2 Å². The van der Waals surface area contributed by atoms with Crippen LogP contribution in [0.25, 0.3) is 0 Å². The van der Waals surface area contributed by atoms with E-state index in [4.69, 9.17) is 23.9 Å². The fourth-order valence-corrected chi connectivity index (χ4v) is 4.78. The molecule has 6 nitrogen and oxygen atoms in total. The molecule has 0 spiro atoms. The quantitative estimate of drug-likeness (QED) is 0.454. The molecule has 3 aromatic carbocycles. The van der Waals surface area contributed by atoms with E-state index in [2.05, 4.69) is 10.3 Å². The van der Waals surface area contributed by atoms with E-state index in [1.807, 2.05) is 0 Å². The highest BCUT2D eigenvalue weighted by molar-refractivity contribution is 6.14. The average Bonchev–Trinajstić information content (AvgIpc) is 3.43. The smallest absolute Gasteiger partial charge is 0.257 e. The molecule has 3 aliphatic heterocycles. The number of halogens is 2. The number of benzene rings is 3. The summed E-state index contributed by atoms with van der Waals surface area (Å²) in [7, 11) is 0.918. The normalized spacial score (nSPS) is 30.6. The second-order valence-corrected chi connectivity index (χ2v) is 9.83. The molecule has 41 heavy (non-hydrogen) atoms. The zero-order valence-corrected chi connectivity index (χ0v) is 22.0. The molecule has 0 bridgehead atoms. The van der Waals surface area contributed by atoms with Crippen LogP contribution in [0.5, 0.6) is 0 Å². The molecule has 8 heteroatoms. The number of likely N-dealkylation sites (N-methyl/N-ethyl adjacent to an activating group) is 1. The predicted octanol–water partition coefficient (Wildman–Crippen LogP) is 4.97. The first-order valence-corrected chi connectivity index (χ1v) is 12.9. The molecule has 0 unspecified atom stereocenters. The molecule has 214 valence electrons. The van der Waals surface area contributed by atoms with Crippen LogP contribution in [0, 0.1) is 17.6 Å². The minimum absolute atomic E-state index is 0.00338. The van der Waals surface area contributed by atoms with Crippen LogP contribution in [-0.2, 0) is 24.1 Å². The predicted molar refractivity (Wildman–Crippen MR) is 157 cm³/mol. The van der Waals surface area contributed by atoms with Gasteiger partial charge in [-0.25, -0.2) is 8.78 Å². The largest absolute Gasteiger partial charge is 0.381 e. The third kappa shape index (κ3) is 6.49.